The van der Waals surface area contributed by atoms with Gasteiger partial charge in [0.2, 0.25) is 10.0 Å². The summed E-state index contributed by atoms with van der Waals surface area (Å²) in [6.07, 6.45) is 5.63. The maximum atomic E-state index is 12.5. The van der Waals surface area contributed by atoms with E-state index in [4.69, 9.17) is 4.74 Å². The van der Waals surface area contributed by atoms with Gasteiger partial charge in [-0.25, -0.2) is 13.1 Å². The van der Waals surface area contributed by atoms with Crippen molar-refractivity contribution in [2.45, 2.75) is 57.1 Å². The SMILES string of the molecule is C[C@@]1(NS(=O)(=O)CC[C@H]2CCCO2)CCCc2ccccc21. The van der Waals surface area contributed by atoms with Gasteiger partial charge in [-0.05, 0) is 56.6 Å². The predicted octanol–water partition coefficient (Wildman–Crippen LogP) is 2.73. The summed E-state index contributed by atoms with van der Waals surface area (Å²) in [5, 5.41) is 0. The van der Waals surface area contributed by atoms with Gasteiger partial charge in [-0.1, -0.05) is 24.3 Å². The van der Waals surface area contributed by atoms with Crippen molar-refractivity contribution in [3.05, 3.63) is 35.4 Å². The van der Waals surface area contributed by atoms with Crippen LogP contribution in [-0.4, -0.2) is 26.9 Å². The first-order valence-electron chi connectivity index (χ1n) is 8.20. The number of aryl methyl sites for hydroxylation is 1. The zero-order valence-electron chi connectivity index (χ0n) is 13.2. The summed E-state index contributed by atoms with van der Waals surface area (Å²) in [7, 11) is -3.30. The van der Waals surface area contributed by atoms with Crippen molar-refractivity contribution >= 4 is 10.0 Å². The average molecular weight is 323 g/mol. The van der Waals surface area contributed by atoms with Crippen LogP contribution in [0.15, 0.2) is 24.3 Å². The van der Waals surface area contributed by atoms with Crippen LogP contribution in [0.2, 0.25) is 0 Å². The topological polar surface area (TPSA) is 55.4 Å². The molecule has 1 saturated heterocycles. The Morgan fingerprint density at radius 1 is 1.32 bits per heavy atom. The summed E-state index contributed by atoms with van der Waals surface area (Å²) in [5.74, 6) is 0.148. The van der Waals surface area contributed by atoms with Crippen LogP contribution < -0.4 is 4.72 Å². The number of hydrogen-bond acceptors (Lipinski definition) is 3. The molecule has 0 amide bonds. The summed E-state index contributed by atoms with van der Waals surface area (Å²) >= 11 is 0. The molecule has 1 N–H and O–H groups in total. The van der Waals surface area contributed by atoms with Crippen molar-refractivity contribution in [3.8, 4) is 0 Å². The molecule has 0 aromatic heterocycles. The molecule has 0 unspecified atom stereocenters. The van der Waals surface area contributed by atoms with Crippen molar-refractivity contribution in [2.75, 3.05) is 12.4 Å². The Morgan fingerprint density at radius 2 is 2.14 bits per heavy atom. The van der Waals surface area contributed by atoms with Gasteiger partial charge in [0.05, 0.1) is 17.4 Å². The molecular weight excluding hydrogens is 298 g/mol. The van der Waals surface area contributed by atoms with Crippen LogP contribution in [0.5, 0.6) is 0 Å². The van der Waals surface area contributed by atoms with Crippen LogP contribution in [0.25, 0.3) is 0 Å². The lowest BCUT2D eigenvalue weighted by Crippen LogP contribution is -2.46. The van der Waals surface area contributed by atoms with E-state index in [1.165, 1.54) is 5.56 Å². The second-order valence-electron chi connectivity index (χ2n) is 6.69. The molecule has 5 heteroatoms. The number of hydrogen-bond donors (Lipinski definition) is 1. The van der Waals surface area contributed by atoms with Crippen molar-refractivity contribution in [1.29, 1.82) is 0 Å². The lowest BCUT2D eigenvalue weighted by Gasteiger charge is -2.36. The second-order valence-corrected chi connectivity index (χ2v) is 8.53. The van der Waals surface area contributed by atoms with Crippen molar-refractivity contribution in [1.82, 2.24) is 4.72 Å². The van der Waals surface area contributed by atoms with Crippen LogP contribution in [0.3, 0.4) is 0 Å². The van der Waals surface area contributed by atoms with Gasteiger partial charge < -0.3 is 4.74 Å². The van der Waals surface area contributed by atoms with Gasteiger partial charge in [0, 0.05) is 6.61 Å². The Balaban J connectivity index is 1.71. The molecular formula is C17H25NO3S. The van der Waals surface area contributed by atoms with Crippen LogP contribution in [0, 0.1) is 0 Å². The van der Waals surface area contributed by atoms with Crippen molar-refractivity contribution in [2.24, 2.45) is 0 Å². The molecule has 22 heavy (non-hydrogen) atoms. The molecule has 3 rings (SSSR count). The van der Waals surface area contributed by atoms with Gasteiger partial charge in [0.1, 0.15) is 0 Å². The molecule has 122 valence electrons. The molecule has 1 aromatic rings. The number of fused-ring (bicyclic) bond motifs is 1. The summed E-state index contributed by atoms with van der Waals surface area (Å²) < 4.78 is 33.5. The van der Waals surface area contributed by atoms with Crippen LogP contribution in [0.4, 0.5) is 0 Å². The molecule has 0 bridgehead atoms. The number of benzene rings is 1. The van der Waals surface area contributed by atoms with E-state index in [9.17, 15) is 8.42 Å². The summed E-state index contributed by atoms with van der Waals surface area (Å²) in [6.45, 7) is 2.78. The predicted molar refractivity (Wildman–Crippen MR) is 87.2 cm³/mol. The molecule has 4 nitrogen and oxygen atoms in total. The average Bonchev–Trinajstić information content (AvgIpc) is 2.98. The quantitative estimate of drug-likeness (QED) is 0.906. The Morgan fingerprint density at radius 3 is 2.91 bits per heavy atom. The van der Waals surface area contributed by atoms with Crippen molar-refractivity contribution < 1.29 is 13.2 Å². The molecule has 1 aromatic carbocycles. The second kappa shape index (κ2) is 6.30. The summed E-state index contributed by atoms with van der Waals surface area (Å²) in [4.78, 5) is 0. The van der Waals surface area contributed by atoms with Gasteiger partial charge in [-0.2, -0.15) is 0 Å². The van der Waals surface area contributed by atoms with Crippen LogP contribution in [-0.2, 0) is 26.7 Å². The van der Waals surface area contributed by atoms with Gasteiger partial charge in [0.15, 0.2) is 0 Å². The van der Waals surface area contributed by atoms with Crippen LogP contribution in [0.1, 0.15) is 50.2 Å². The monoisotopic (exact) mass is 323 g/mol. The Bertz CT molecular complexity index is 623. The maximum Gasteiger partial charge on any atom is 0.212 e. The Kier molecular flexibility index (Phi) is 4.57. The summed E-state index contributed by atoms with van der Waals surface area (Å²) in [6, 6.07) is 8.17. The number of rotatable bonds is 5. The maximum absolute atomic E-state index is 12.5. The fraction of sp³-hybridized carbons (Fsp3) is 0.647. The van der Waals surface area contributed by atoms with E-state index >= 15 is 0 Å². The molecule has 0 spiro atoms. The molecule has 0 radical (unpaired) electrons. The molecule has 1 aliphatic carbocycles. The fourth-order valence-corrected chi connectivity index (χ4v) is 5.28. The minimum Gasteiger partial charge on any atom is -0.378 e. The molecule has 2 atom stereocenters. The largest absolute Gasteiger partial charge is 0.378 e. The molecule has 0 saturated carbocycles. The molecule has 2 aliphatic rings. The van der Waals surface area contributed by atoms with E-state index in [2.05, 4.69) is 16.9 Å². The summed E-state index contributed by atoms with van der Waals surface area (Å²) in [5.41, 5.74) is 1.91. The van der Waals surface area contributed by atoms with Gasteiger partial charge in [-0.3, -0.25) is 0 Å². The standard InChI is InChI=1S/C17H25NO3S/c1-17(11-4-7-14-6-2-3-9-16(14)17)18-22(19,20)13-10-15-8-5-12-21-15/h2-3,6,9,15,18H,4-5,7-8,10-13H2,1H3/t15-,17-/m1/s1. The zero-order valence-corrected chi connectivity index (χ0v) is 14.0. The number of sulfonamides is 1. The third kappa shape index (κ3) is 3.53. The smallest absolute Gasteiger partial charge is 0.212 e. The first-order chi connectivity index (χ1) is 10.5. The van der Waals surface area contributed by atoms with E-state index in [0.29, 0.717) is 6.42 Å². The molecule has 1 aliphatic heterocycles. The number of nitrogens with one attached hydrogen (secondary N) is 1. The third-order valence-electron chi connectivity index (χ3n) is 4.85. The van der Waals surface area contributed by atoms with Gasteiger partial charge >= 0.3 is 0 Å². The lowest BCUT2D eigenvalue weighted by molar-refractivity contribution is 0.108. The Hall–Kier alpha value is -0.910. The highest BCUT2D eigenvalue weighted by molar-refractivity contribution is 7.89. The minimum absolute atomic E-state index is 0.114. The van der Waals surface area contributed by atoms with E-state index in [-0.39, 0.29) is 11.9 Å². The van der Waals surface area contributed by atoms with E-state index in [1.807, 2.05) is 19.1 Å². The van der Waals surface area contributed by atoms with Crippen molar-refractivity contribution in [3.63, 3.8) is 0 Å². The van der Waals surface area contributed by atoms with E-state index < -0.39 is 15.6 Å². The third-order valence-corrected chi connectivity index (χ3v) is 6.38. The molecule has 1 fully saturated rings. The first kappa shape index (κ1) is 16.0. The zero-order chi connectivity index (χ0) is 15.6. The fourth-order valence-electron chi connectivity index (χ4n) is 3.70. The highest BCUT2D eigenvalue weighted by Crippen LogP contribution is 2.35. The highest BCUT2D eigenvalue weighted by atomic mass is 32.2. The van der Waals surface area contributed by atoms with E-state index in [1.54, 1.807) is 0 Å². The molecule has 1 heterocycles. The van der Waals surface area contributed by atoms with Crippen LogP contribution >= 0.6 is 0 Å². The van der Waals surface area contributed by atoms with Gasteiger partial charge in [-0.15, -0.1) is 0 Å². The first-order valence-corrected chi connectivity index (χ1v) is 9.85. The lowest BCUT2D eigenvalue weighted by atomic mass is 9.79. The number of ether oxygens (including phenoxy) is 1. The highest BCUT2D eigenvalue weighted by Gasteiger charge is 2.35. The minimum atomic E-state index is -3.30. The normalized spacial score (nSPS) is 28.5. The van der Waals surface area contributed by atoms with Gasteiger partial charge in [0.25, 0.3) is 0 Å². The van der Waals surface area contributed by atoms with E-state index in [0.717, 1.165) is 44.3 Å². The Labute approximate surface area is 133 Å².